The summed E-state index contributed by atoms with van der Waals surface area (Å²) < 4.78 is 0. The fraction of sp³-hybridized carbons (Fsp3) is 0.875. The molecule has 21 heavy (non-hydrogen) atoms. The average molecular weight is 298 g/mol. The summed E-state index contributed by atoms with van der Waals surface area (Å²) >= 11 is 0. The first-order chi connectivity index (χ1) is 9.70. The quantitative estimate of drug-likeness (QED) is 0.754. The van der Waals surface area contributed by atoms with Gasteiger partial charge in [-0.25, -0.2) is 0 Å². The topological polar surface area (TPSA) is 69.6 Å². The molecule has 0 saturated carbocycles. The maximum absolute atomic E-state index is 12.1. The standard InChI is InChI=1S/C16H30N2O3/c1-16(2,3)13(5-6-14(19)20)7-9-17-15(21)12-8-10-18(4)11-12/h12-13H,5-11H2,1-4H3,(H,17,21)(H,19,20). The third-order valence-electron chi connectivity index (χ3n) is 4.49. The molecule has 5 nitrogen and oxygen atoms in total. The SMILES string of the molecule is CN1CCC(C(=O)NCCC(CCC(=O)O)C(C)(C)C)C1. The molecule has 1 aliphatic rings. The van der Waals surface area contributed by atoms with Crippen molar-refractivity contribution in [2.75, 3.05) is 26.7 Å². The van der Waals surface area contributed by atoms with Gasteiger partial charge in [0.2, 0.25) is 5.91 Å². The van der Waals surface area contributed by atoms with Crippen LogP contribution in [-0.2, 0) is 9.59 Å². The zero-order valence-electron chi connectivity index (χ0n) is 13.8. The Morgan fingerprint density at radius 2 is 2.00 bits per heavy atom. The maximum atomic E-state index is 12.1. The predicted octanol–water partition coefficient (Wildman–Crippen LogP) is 1.97. The smallest absolute Gasteiger partial charge is 0.303 e. The van der Waals surface area contributed by atoms with Crippen molar-refractivity contribution < 1.29 is 14.7 Å². The molecule has 1 amide bonds. The molecule has 0 aliphatic carbocycles. The van der Waals surface area contributed by atoms with Crippen molar-refractivity contribution in [2.45, 2.75) is 46.5 Å². The highest BCUT2D eigenvalue weighted by Crippen LogP contribution is 2.32. The number of hydrogen-bond donors (Lipinski definition) is 2. The van der Waals surface area contributed by atoms with E-state index in [1.165, 1.54) is 0 Å². The molecular weight excluding hydrogens is 268 g/mol. The number of nitrogens with one attached hydrogen (secondary N) is 1. The van der Waals surface area contributed by atoms with Crippen molar-refractivity contribution in [2.24, 2.45) is 17.3 Å². The van der Waals surface area contributed by atoms with E-state index < -0.39 is 5.97 Å². The molecule has 0 aromatic heterocycles. The Morgan fingerprint density at radius 1 is 1.33 bits per heavy atom. The van der Waals surface area contributed by atoms with Gasteiger partial charge in [0.1, 0.15) is 0 Å². The van der Waals surface area contributed by atoms with E-state index >= 15 is 0 Å². The molecule has 0 aromatic rings. The monoisotopic (exact) mass is 298 g/mol. The van der Waals surface area contributed by atoms with Crippen LogP contribution in [0.1, 0.15) is 46.5 Å². The van der Waals surface area contributed by atoms with Gasteiger partial charge >= 0.3 is 5.97 Å². The summed E-state index contributed by atoms with van der Waals surface area (Å²) in [6.07, 6.45) is 2.64. The summed E-state index contributed by atoms with van der Waals surface area (Å²) in [6, 6.07) is 0. The second-order valence-corrected chi connectivity index (χ2v) is 7.32. The van der Waals surface area contributed by atoms with Gasteiger partial charge in [0.25, 0.3) is 0 Å². The van der Waals surface area contributed by atoms with E-state index in [1.807, 2.05) is 7.05 Å². The van der Waals surface area contributed by atoms with Gasteiger partial charge in [-0.2, -0.15) is 0 Å². The van der Waals surface area contributed by atoms with E-state index in [2.05, 4.69) is 31.0 Å². The van der Waals surface area contributed by atoms with E-state index in [4.69, 9.17) is 5.11 Å². The van der Waals surface area contributed by atoms with E-state index in [1.54, 1.807) is 0 Å². The number of aliphatic carboxylic acids is 1. The van der Waals surface area contributed by atoms with Crippen LogP contribution in [0.5, 0.6) is 0 Å². The van der Waals surface area contributed by atoms with E-state index in [-0.39, 0.29) is 23.7 Å². The van der Waals surface area contributed by atoms with Gasteiger partial charge < -0.3 is 15.3 Å². The number of carboxylic acid groups (broad SMARTS) is 1. The first-order valence-electron chi connectivity index (χ1n) is 7.88. The number of nitrogens with zero attached hydrogens (tertiary/aromatic N) is 1. The minimum atomic E-state index is -0.748. The van der Waals surface area contributed by atoms with Crippen LogP contribution in [-0.4, -0.2) is 48.6 Å². The van der Waals surface area contributed by atoms with E-state index in [9.17, 15) is 9.59 Å². The summed E-state index contributed by atoms with van der Waals surface area (Å²) in [5.41, 5.74) is 0.0632. The summed E-state index contributed by atoms with van der Waals surface area (Å²) in [7, 11) is 2.04. The molecule has 1 fully saturated rings. The molecule has 2 atom stereocenters. The molecule has 0 bridgehead atoms. The van der Waals surface area contributed by atoms with E-state index in [0.717, 1.165) is 25.9 Å². The molecule has 0 spiro atoms. The first kappa shape index (κ1) is 18.0. The summed E-state index contributed by atoms with van der Waals surface area (Å²) in [6.45, 7) is 8.86. The third kappa shape index (κ3) is 6.46. The van der Waals surface area contributed by atoms with Gasteiger partial charge in [-0.1, -0.05) is 20.8 Å². The first-order valence-corrected chi connectivity index (χ1v) is 7.88. The van der Waals surface area contributed by atoms with Gasteiger partial charge in [0, 0.05) is 19.5 Å². The predicted molar refractivity (Wildman–Crippen MR) is 83.0 cm³/mol. The van der Waals surface area contributed by atoms with Crippen LogP contribution < -0.4 is 5.32 Å². The Bertz CT molecular complexity index is 363. The molecule has 2 unspecified atom stereocenters. The normalized spacial score (nSPS) is 21.2. The molecule has 1 aliphatic heterocycles. The molecule has 1 saturated heterocycles. The Kier molecular flexibility index (Phi) is 6.65. The van der Waals surface area contributed by atoms with E-state index in [0.29, 0.717) is 18.9 Å². The number of rotatable bonds is 7. The second kappa shape index (κ2) is 7.78. The zero-order valence-corrected chi connectivity index (χ0v) is 13.8. The van der Waals surface area contributed by atoms with Crippen LogP contribution in [0.4, 0.5) is 0 Å². The highest BCUT2D eigenvalue weighted by Gasteiger charge is 2.27. The second-order valence-electron chi connectivity index (χ2n) is 7.32. The van der Waals surface area contributed by atoms with Crippen LogP contribution >= 0.6 is 0 Å². The lowest BCUT2D eigenvalue weighted by molar-refractivity contribution is -0.137. The maximum Gasteiger partial charge on any atom is 0.303 e. The molecule has 1 rings (SSSR count). The van der Waals surface area contributed by atoms with Crippen LogP contribution in [0.2, 0.25) is 0 Å². The van der Waals surface area contributed by atoms with Crippen molar-refractivity contribution in [3.8, 4) is 0 Å². The van der Waals surface area contributed by atoms with Crippen molar-refractivity contribution >= 4 is 11.9 Å². The minimum Gasteiger partial charge on any atom is -0.481 e. The number of carbonyl (C=O) groups is 2. The number of carboxylic acids is 1. The van der Waals surface area contributed by atoms with Crippen LogP contribution in [0.3, 0.4) is 0 Å². The fourth-order valence-corrected chi connectivity index (χ4v) is 2.97. The third-order valence-corrected chi connectivity index (χ3v) is 4.49. The molecular formula is C16H30N2O3. The van der Waals surface area contributed by atoms with Gasteiger partial charge in [-0.3, -0.25) is 9.59 Å². The average Bonchev–Trinajstić information content (AvgIpc) is 2.78. The Morgan fingerprint density at radius 3 is 2.48 bits per heavy atom. The molecule has 0 radical (unpaired) electrons. The molecule has 122 valence electrons. The van der Waals surface area contributed by atoms with Gasteiger partial charge in [-0.05, 0) is 44.2 Å². The van der Waals surface area contributed by atoms with Crippen LogP contribution in [0, 0.1) is 17.3 Å². The van der Waals surface area contributed by atoms with Crippen LogP contribution in [0.15, 0.2) is 0 Å². The number of amides is 1. The highest BCUT2D eigenvalue weighted by atomic mass is 16.4. The van der Waals surface area contributed by atoms with Crippen LogP contribution in [0.25, 0.3) is 0 Å². The summed E-state index contributed by atoms with van der Waals surface area (Å²) in [4.78, 5) is 25.0. The highest BCUT2D eigenvalue weighted by molar-refractivity contribution is 5.79. The Labute approximate surface area is 128 Å². The van der Waals surface area contributed by atoms with Gasteiger partial charge in [0.15, 0.2) is 0 Å². The molecule has 5 heteroatoms. The largest absolute Gasteiger partial charge is 0.481 e. The Hall–Kier alpha value is -1.10. The lowest BCUT2D eigenvalue weighted by atomic mass is 9.76. The van der Waals surface area contributed by atoms with Crippen molar-refractivity contribution in [3.05, 3.63) is 0 Å². The van der Waals surface area contributed by atoms with Crippen molar-refractivity contribution in [1.82, 2.24) is 10.2 Å². The minimum absolute atomic E-state index is 0.0632. The number of carbonyl (C=O) groups excluding carboxylic acids is 1. The lowest BCUT2D eigenvalue weighted by Gasteiger charge is -2.30. The fourth-order valence-electron chi connectivity index (χ4n) is 2.97. The summed E-state index contributed by atoms with van der Waals surface area (Å²) in [5, 5.41) is 11.9. The zero-order chi connectivity index (χ0) is 16.0. The Balaban J connectivity index is 2.35. The molecule has 0 aromatic carbocycles. The molecule has 1 heterocycles. The lowest BCUT2D eigenvalue weighted by Crippen LogP contribution is -2.35. The molecule has 2 N–H and O–H groups in total. The van der Waals surface area contributed by atoms with Gasteiger partial charge in [-0.15, -0.1) is 0 Å². The van der Waals surface area contributed by atoms with Crippen molar-refractivity contribution in [3.63, 3.8) is 0 Å². The van der Waals surface area contributed by atoms with Crippen molar-refractivity contribution in [1.29, 1.82) is 0 Å². The number of hydrogen-bond acceptors (Lipinski definition) is 3. The number of likely N-dealkylation sites (tertiary alicyclic amines) is 1. The van der Waals surface area contributed by atoms with Gasteiger partial charge in [0.05, 0.1) is 5.92 Å². The summed E-state index contributed by atoms with van der Waals surface area (Å²) in [5.74, 6) is -0.185.